The Hall–Kier alpha value is -3.30. The summed E-state index contributed by atoms with van der Waals surface area (Å²) >= 11 is 0. The third-order valence-electron chi connectivity index (χ3n) is 6.17. The number of aromatic nitrogens is 3. The summed E-state index contributed by atoms with van der Waals surface area (Å²) in [5.41, 5.74) is -2.53. The molecule has 3 atom stereocenters. The average Bonchev–Trinajstić information content (AvgIpc) is 3.76. The van der Waals surface area contributed by atoms with E-state index >= 15 is 0 Å². The predicted octanol–water partition coefficient (Wildman–Crippen LogP) is -1.66. The Morgan fingerprint density at radius 1 is 0.564 bits per heavy atom. The molecule has 39 heavy (non-hydrogen) atoms. The molecule has 4 heterocycles. The Morgan fingerprint density at radius 3 is 1.05 bits per heavy atom. The van der Waals surface area contributed by atoms with Crippen LogP contribution in [0.4, 0.5) is 0 Å². The van der Waals surface area contributed by atoms with Crippen LogP contribution < -0.4 is 17.1 Å². The van der Waals surface area contributed by atoms with Crippen LogP contribution in [0.3, 0.4) is 0 Å². The second kappa shape index (κ2) is 13.7. The lowest BCUT2D eigenvalue weighted by Gasteiger charge is -2.14. The first-order chi connectivity index (χ1) is 18.8. The molecular formula is C24H33N3O12. The Bertz CT molecular complexity index is 1030. The second-order valence-electron chi connectivity index (χ2n) is 9.53. The average molecular weight is 556 g/mol. The molecular weight excluding hydrogens is 522 g/mol. The number of hydrogen-bond donors (Lipinski definition) is 0. The van der Waals surface area contributed by atoms with Crippen molar-refractivity contribution in [3.05, 3.63) is 31.5 Å². The lowest BCUT2D eigenvalue weighted by Crippen LogP contribution is -2.54. The number of carbonyl (C=O) groups is 3. The highest BCUT2D eigenvalue weighted by Gasteiger charge is 2.26. The van der Waals surface area contributed by atoms with Crippen molar-refractivity contribution in [3.8, 4) is 0 Å². The third kappa shape index (κ3) is 9.44. The number of nitrogens with zero attached hydrogens (tertiary/aromatic N) is 3. The first-order valence-electron chi connectivity index (χ1n) is 13.1. The van der Waals surface area contributed by atoms with Crippen LogP contribution in [0.1, 0.15) is 38.5 Å². The monoisotopic (exact) mass is 555 g/mol. The molecule has 3 fully saturated rings. The zero-order valence-corrected chi connectivity index (χ0v) is 21.6. The van der Waals surface area contributed by atoms with Crippen molar-refractivity contribution in [2.24, 2.45) is 0 Å². The van der Waals surface area contributed by atoms with Crippen LogP contribution in [-0.4, -0.2) is 89.6 Å². The van der Waals surface area contributed by atoms with E-state index in [1.54, 1.807) is 0 Å². The van der Waals surface area contributed by atoms with Crippen LogP contribution in [0.15, 0.2) is 14.4 Å². The van der Waals surface area contributed by atoms with Gasteiger partial charge in [0, 0.05) is 38.9 Å². The van der Waals surface area contributed by atoms with E-state index in [0.717, 1.165) is 13.7 Å². The van der Waals surface area contributed by atoms with Crippen LogP contribution in [0.2, 0.25) is 0 Å². The molecule has 0 aliphatic carbocycles. The van der Waals surface area contributed by atoms with E-state index < -0.39 is 35.0 Å². The van der Waals surface area contributed by atoms with Gasteiger partial charge in [-0.2, -0.15) is 0 Å². The number of epoxide rings is 3. The fraction of sp³-hybridized carbons (Fsp3) is 0.750. The summed E-state index contributed by atoms with van der Waals surface area (Å²) in [6.07, 6.45) is 0.0394. The highest BCUT2D eigenvalue weighted by molar-refractivity contribution is 5.70. The first kappa shape index (κ1) is 28.7. The van der Waals surface area contributed by atoms with E-state index in [4.69, 9.17) is 28.4 Å². The Kier molecular flexibility index (Phi) is 10.1. The Morgan fingerprint density at radius 2 is 0.821 bits per heavy atom. The number of hydrogen-bond acceptors (Lipinski definition) is 12. The normalized spacial score (nSPS) is 20.8. The predicted molar refractivity (Wildman–Crippen MR) is 129 cm³/mol. The van der Waals surface area contributed by atoms with Gasteiger partial charge in [0.2, 0.25) is 0 Å². The van der Waals surface area contributed by atoms with Gasteiger partial charge >= 0.3 is 35.0 Å². The van der Waals surface area contributed by atoms with E-state index in [-0.39, 0.29) is 96.3 Å². The summed E-state index contributed by atoms with van der Waals surface area (Å²) < 4.78 is 32.8. The van der Waals surface area contributed by atoms with Crippen molar-refractivity contribution in [1.29, 1.82) is 0 Å². The van der Waals surface area contributed by atoms with E-state index in [1.807, 2.05) is 0 Å². The van der Waals surface area contributed by atoms with Gasteiger partial charge in [0.05, 0.1) is 19.8 Å². The van der Waals surface area contributed by atoms with Gasteiger partial charge in [-0.15, -0.1) is 0 Å². The fourth-order valence-electron chi connectivity index (χ4n) is 3.67. The molecule has 216 valence electrons. The molecule has 3 unspecified atom stereocenters. The molecule has 0 spiro atoms. The van der Waals surface area contributed by atoms with Crippen molar-refractivity contribution in [2.45, 2.75) is 76.5 Å². The maximum atomic E-state index is 13.1. The van der Waals surface area contributed by atoms with Crippen LogP contribution in [0.25, 0.3) is 0 Å². The fourth-order valence-corrected chi connectivity index (χ4v) is 3.67. The topological polar surface area (TPSA) is 182 Å². The smallest absolute Gasteiger partial charge is 0.336 e. The molecule has 15 heteroatoms. The molecule has 3 aliphatic heterocycles. The lowest BCUT2D eigenvalue weighted by atomic mass is 10.3. The molecule has 0 aromatic carbocycles. The molecule has 0 bridgehead atoms. The van der Waals surface area contributed by atoms with Crippen LogP contribution in [0.5, 0.6) is 0 Å². The van der Waals surface area contributed by atoms with E-state index in [1.165, 1.54) is 0 Å². The van der Waals surface area contributed by atoms with E-state index in [9.17, 15) is 28.8 Å². The van der Waals surface area contributed by atoms with Crippen LogP contribution in [0, 0.1) is 0 Å². The molecule has 15 nitrogen and oxygen atoms in total. The summed E-state index contributed by atoms with van der Waals surface area (Å²) in [5, 5.41) is 0. The second-order valence-corrected chi connectivity index (χ2v) is 9.53. The van der Waals surface area contributed by atoms with Gasteiger partial charge in [-0.1, -0.05) is 0 Å². The van der Waals surface area contributed by atoms with Crippen LogP contribution in [-0.2, 0) is 62.4 Å². The van der Waals surface area contributed by atoms with Gasteiger partial charge in [-0.05, 0) is 19.3 Å². The summed E-state index contributed by atoms with van der Waals surface area (Å²) in [7, 11) is 0. The summed E-state index contributed by atoms with van der Waals surface area (Å²) in [5.74, 6) is -1.47. The summed E-state index contributed by atoms with van der Waals surface area (Å²) in [4.78, 5) is 75.0. The minimum absolute atomic E-state index is 0.0369. The minimum atomic E-state index is -0.843. The van der Waals surface area contributed by atoms with Gasteiger partial charge in [0.15, 0.2) is 0 Å². The Labute approximate surface area is 222 Å². The highest BCUT2D eigenvalue weighted by Crippen LogP contribution is 2.11. The van der Waals surface area contributed by atoms with Gasteiger partial charge in [0.1, 0.15) is 38.1 Å². The quantitative estimate of drug-likeness (QED) is 0.114. The van der Waals surface area contributed by atoms with Crippen molar-refractivity contribution in [1.82, 2.24) is 13.7 Å². The van der Waals surface area contributed by atoms with Crippen LogP contribution >= 0.6 is 0 Å². The number of carbonyl (C=O) groups excluding carboxylic acids is 3. The standard InChI is InChI=1S/C24H33N3O12/c28-19(37-13-16-10-34-16)4-1-7-25-22(31)26(8-2-5-20(29)38-14-17-11-35-17)24(33)27(23(25)32)9-3-6-21(30)39-15-18-12-36-18/h16-18H,1-15H2. The molecule has 3 aliphatic rings. The lowest BCUT2D eigenvalue weighted by molar-refractivity contribution is -0.145. The van der Waals surface area contributed by atoms with Crippen molar-refractivity contribution in [3.63, 3.8) is 0 Å². The number of ether oxygens (including phenoxy) is 6. The molecule has 0 saturated carbocycles. The molecule has 0 radical (unpaired) electrons. The molecule has 3 saturated heterocycles. The molecule has 0 amide bonds. The molecule has 4 rings (SSSR count). The number of esters is 3. The third-order valence-corrected chi connectivity index (χ3v) is 6.17. The molecule has 0 N–H and O–H groups in total. The molecule has 1 aromatic rings. The summed E-state index contributed by atoms with van der Waals surface area (Å²) in [6.45, 7) is 1.73. The highest BCUT2D eigenvalue weighted by atomic mass is 16.6. The first-order valence-corrected chi connectivity index (χ1v) is 13.1. The zero-order valence-electron chi connectivity index (χ0n) is 21.6. The maximum Gasteiger partial charge on any atom is 0.336 e. The minimum Gasteiger partial charge on any atom is -0.463 e. The van der Waals surface area contributed by atoms with Gasteiger partial charge in [0.25, 0.3) is 0 Å². The SMILES string of the molecule is O=C(CCCn1c(=O)n(CCCC(=O)OCC2CO2)c(=O)n(CCCC(=O)OCC2CO2)c1=O)OCC1CO1. The van der Waals surface area contributed by atoms with Crippen molar-refractivity contribution in [2.75, 3.05) is 39.6 Å². The Balaban J connectivity index is 1.38. The van der Waals surface area contributed by atoms with E-state index in [2.05, 4.69) is 0 Å². The summed E-state index contributed by atoms with van der Waals surface area (Å²) in [6, 6.07) is 0. The van der Waals surface area contributed by atoms with Gasteiger partial charge < -0.3 is 28.4 Å². The van der Waals surface area contributed by atoms with Crippen molar-refractivity contribution >= 4 is 17.9 Å². The molecule has 1 aromatic heterocycles. The van der Waals surface area contributed by atoms with Crippen molar-refractivity contribution < 1.29 is 42.8 Å². The van der Waals surface area contributed by atoms with Gasteiger partial charge in [-0.3, -0.25) is 14.4 Å². The largest absolute Gasteiger partial charge is 0.463 e. The van der Waals surface area contributed by atoms with E-state index in [0.29, 0.717) is 19.8 Å². The maximum absolute atomic E-state index is 13.1. The van der Waals surface area contributed by atoms with Gasteiger partial charge in [-0.25, -0.2) is 28.1 Å². The zero-order chi connectivity index (χ0) is 27.8. The number of rotatable bonds is 18.